The molecule has 6 rings (SSSR count). The molecule has 3 heteroatoms. The minimum absolute atomic E-state index is 0.256. The van der Waals surface area contributed by atoms with Crippen molar-refractivity contribution < 1.29 is 14.1 Å². The number of allylic oxidation sites excluding steroid dienone is 2. The summed E-state index contributed by atoms with van der Waals surface area (Å²) in [6.45, 7) is 0. The first kappa shape index (κ1) is 13.1. The lowest BCUT2D eigenvalue weighted by Crippen LogP contribution is -2.57. The van der Waals surface area contributed by atoms with Gasteiger partial charge in [0.05, 0.1) is 18.6 Å². The third-order valence-corrected chi connectivity index (χ3v) is 5.75. The van der Waals surface area contributed by atoms with Gasteiger partial charge in [0, 0.05) is 29.5 Å². The van der Waals surface area contributed by atoms with Crippen LogP contribution in [0.5, 0.6) is 0 Å². The zero-order chi connectivity index (χ0) is 15.6. The van der Waals surface area contributed by atoms with Crippen molar-refractivity contribution in [1.82, 2.24) is 0 Å². The van der Waals surface area contributed by atoms with E-state index in [9.17, 15) is 4.79 Å². The van der Waals surface area contributed by atoms with Gasteiger partial charge in [-0.2, -0.15) is 4.57 Å². The summed E-state index contributed by atoms with van der Waals surface area (Å²) in [6.07, 6.45) is 8.06. The molecule has 1 aromatic heterocycles. The highest BCUT2D eigenvalue weighted by Crippen LogP contribution is 2.55. The van der Waals surface area contributed by atoms with Crippen molar-refractivity contribution in [3.63, 3.8) is 0 Å². The lowest BCUT2D eigenvalue weighted by molar-refractivity contribution is -0.739. The van der Waals surface area contributed by atoms with E-state index < -0.39 is 0 Å². The van der Waals surface area contributed by atoms with Gasteiger partial charge in [0.1, 0.15) is 0 Å². The monoisotopic (exact) mass is 304 g/mol. The van der Waals surface area contributed by atoms with Crippen LogP contribution in [0.3, 0.4) is 0 Å². The normalized spacial score (nSPS) is 28.9. The van der Waals surface area contributed by atoms with E-state index in [2.05, 4.69) is 53.2 Å². The van der Waals surface area contributed by atoms with E-state index >= 15 is 0 Å². The maximum absolute atomic E-state index is 11.9. The van der Waals surface area contributed by atoms with Crippen molar-refractivity contribution >= 4 is 5.97 Å². The number of ether oxygens (including phenoxy) is 1. The average Bonchev–Trinajstić information content (AvgIpc) is 3.10. The van der Waals surface area contributed by atoms with Crippen LogP contribution in [-0.2, 0) is 4.74 Å². The molecular formula is C20H18NO2+. The largest absolute Gasteiger partial charge is 0.465 e. The molecule has 4 atom stereocenters. The molecule has 3 heterocycles. The minimum Gasteiger partial charge on any atom is -0.465 e. The van der Waals surface area contributed by atoms with Crippen LogP contribution in [0.2, 0.25) is 0 Å². The number of esters is 1. The predicted octanol–water partition coefficient (Wildman–Crippen LogP) is 3.00. The number of methoxy groups -OCH3 is 1. The average molecular weight is 304 g/mol. The summed E-state index contributed by atoms with van der Waals surface area (Å²) in [5, 5.41) is 0. The first-order valence-corrected chi connectivity index (χ1v) is 8.18. The van der Waals surface area contributed by atoms with E-state index in [0.29, 0.717) is 29.4 Å². The molecule has 0 saturated carbocycles. The van der Waals surface area contributed by atoms with Gasteiger partial charge in [-0.25, -0.2) is 4.79 Å². The summed E-state index contributed by atoms with van der Waals surface area (Å²) < 4.78 is 7.35. The molecule has 2 aliphatic heterocycles. The van der Waals surface area contributed by atoms with Crippen molar-refractivity contribution in [1.29, 1.82) is 0 Å². The second-order valence-corrected chi connectivity index (χ2v) is 6.70. The fourth-order valence-corrected chi connectivity index (χ4v) is 4.89. The third-order valence-electron chi connectivity index (χ3n) is 5.75. The molecule has 2 aromatic rings. The van der Waals surface area contributed by atoms with E-state index in [1.165, 1.54) is 23.9 Å². The van der Waals surface area contributed by atoms with Crippen LogP contribution in [0.4, 0.5) is 0 Å². The molecule has 0 spiro atoms. The van der Waals surface area contributed by atoms with Crippen LogP contribution in [-0.4, -0.2) is 13.1 Å². The summed E-state index contributed by atoms with van der Waals surface area (Å²) in [7, 11) is 1.44. The molecule has 4 aliphatic rings. The van der Waals surface area contributed by atoms with Gasteiger partial charge in [-0.15, -0.1) is 0 Å². The van der Waals surface area contributed by atoms with Gasteiger partial charge in [0.25, 0.3) is 0 Å². The van der Waals surface area contributed by atoms with Crippen molar-refractivity contribution in [2.24, 2.45) is 11.8 Å². The molecule has 4 unspecified atom stereocenters. The fourth-order valence-electron chi connectivity index (χ4n) is 4.89. The zero-order valence-electron chi connectivity index (χ0n) is 13.0. The number of nitrogens with zero attached hydrogens (tertiary/aromatic N) is 1. The summed E-state index contributed by atoms with van der Waals surface area (Å²) in [5.74, 6) is 1.26. The van der Waals surface area contributed by atoms with Gasteiger partial charge in [-0.3, -0.25) is 0 Å². The van der Waals surface area contributed by atoms with E-state index in [4.69, 9.17) is 4.74 Å². The second-order valence-electron chi connectivity index (χ2n) is 6.70. The number of carbonyl (C=O) groups is 1. The first-order valence-electron chi connectivity index (χ1n) is 8.18. The van der Waals surface area contributed by atoms with Gasteiger partial charge >= 0.3 is 5.97 Å². The highest BCUT2D eigenvalue weighted by Gasteiger charge is 2.55. The van der Waals surface area contributed by atoms with Gasteiger partial charge in [0.2, 0.25) is 0 Å². The van der Waals surface area contributed by atoms with Crippen LogP contribution in [0, 0.1) is 11.8 Å². The summed E-state index contributed by atoms with van der Waals surface area (Å²) >= 11 is 0. The van der Waals surface area contributed by atoms with Crippen LogP contribution in [0.1, 0.15) is 45.6 Å². The Kier molecular flexibility index (Phi) is 2.58. The molecule has 0 amide bonds. The number of aromatic nitrogens is 1. The number of benzene rings is 1. The molecule has 3 nitrogen and oxygen atoms in total. The number of hydrogen-bond acceptors (Lipinski definition) is 2. The van der Waals surface area contributed by atoms with Crippen molar-refractivity contribution in [3.8, 4) is 0 Å². The number of hydrogen-bond donors (Lipinski definition) is 0. The quantitative estimate of drug-likeness (QED) is 0.460. The van der Waals surface area contributed by atoms with Gasteiger partial charge < -0.3 is 4.74 Å². The highest BCUT2D eigenvalue weighted by atomic mass is 16.5. The summed E-state index contributed by atoms with van der Waals surface area (Å²) in [5.41, 5.74) is 4.69. The van der Waals surface area contributed by atoms with E-state index in [1.54, 1.807) is 0 Å². The molecule has 23 heavy (non-hydrogen) atoms. The van der Waals surface area contributed by atoms with Crippen LogP contribution < -0.4 is 4.57 Å². The van der Waals surface area contributed by atoms with Crippen molar-refractivity contribution in [2.45, 2.75) is 18.4 Å². The first-order chi connectivity index (χ1) is 11.3. The topological polar surface area (TPSA) is 30.2 Å². The van der Waals surface area contributed by atoms with Gasteiger partial charge in [-0.1, -0.05) is 24.3 Å². The Bertz CT molecular complexity index is 854. The molecule has 0 saturated heterocycles. The minimum atomic E-state index is -0.256. The Balaban J connectivity index is 1.76. The molecule has 114 valence electrons. The highest BCUT2D eigenvalue weighted by molar-refractivity contribution is 5.89. The summed E-state index contributed by atoms with van der Waals surface area (Å²) in [4.78, 5) is 11.9. The van der Waals surface area contributed by atoms with E-state index in [-0.39, 0.29) is 5.97 Å². The summed E-state index contributed by atoms with van der Waals surface area (Å²) in [6, 6.07) is 12.9. The Morgan fingerprint density at radius 3 is 3.00 bits per heavy atom. The molecule has 0 fully saturated rings. The molecule has 1 aromatic carbocycles. The van der Waals surface area contributed by atoms with Gasteiger partial charge in [-0.05, 0) is 24.1 Å². The van der Waals surface area contributed by atoms with Crippen LogP contribution in [0.15, 0.2) is 54.7 Å². The molecular weight excluding hydrogens is 286 g/mol. The molecule has 0 radical (unpaired) electrons. The molecule has 0 N–H and O–H groups in total. The molecule has 2 aliphatic carbocycles. The number of pyridine rings is 1. The molecule has 2 bridgehead atoms. The smallest absolute Gasteiger partial charge is 0.337 e. The maximum Gasteiger partial charge on any atom is 0.337 e. The second kappa shape index (κ2) is 4.54. The number of carbonyl (C=O) groups excluding carboxylic acids is 1. The van der Waals surface area contributed by atoms with Crippen molar-refractivity contribution in [3.05, 3.63) is 77.1 Å². The Morgan fingerprint density at radius 1 is 1.22 bits per heavy atom. The van der Waals surface area contributed by atoms with Crippen LogP contribution >= 0.6 is 0 Å². The predicted molar refractivity (Wildman–Crippen MR) is 85.1 cm³/mol. The third kappa shape index (κ3) is 1.60. The van der Waals surface area contributed by atoms with E-state index in [0.717, 1.165) is 6.42 Å². The standard InChI is InChI=1S/C20H18NO2/c1-23-20(22)12-8-9-15-16(11-12)18-13-5-4-6-14(13)19(15)21-10-3-2-7-17(18)21/h2-5,7-11,13-14,18-19H,6H2,1H3/q+1. The van der Waals surface area contributed by atoms with E-state index in [1.807, 2.05) is 6.07 Å². The lowest BCUT2D eigenvalue weighted by atomic mass is 9.63. The fraction of sp³-hybridized carbons (Fsp3) is 0.300. The Morgan fingerprint density at radius 2 is 2.13 bits per heavy atom. The Hall–Kier alpha value is -2.42. The van der Waals surface area contributed by atoms with Gasteiger partial charge in [0.15, 0.2) is 17.9 Å². The lowest BCUT2D eigenvalue weighted by Gasteiger charge is -2.43. The Labute approximate surface area is 135 Å². The number of rotatable bonds is 1. The SMILES string of the molecule is COC(=O)c1ccc2c(c1)C1c3cccc[n+]3C2C2CC=CC12. The van der Waals surface area contributed by atoms with Crippen LogP contribution in [0.25, 0.3) is 0 Å². The zero-order valence-corrected chi connectivity index (χ0v) is 13.0. The van der Waals surface area contributed by atoms with Crippen molar-refractivity contribution in [2.75, 3.05) is 7.11 Å². The maximum atomic E-state index is 11.9.